The summed E-state index contributed by atoms with van der Waals surface area (Å²) in [4.78, 5) is 15.1. The zero-order valence-corrected chi connectivity index (χ0v) is 27.4. The lowest BCUT2D eigenvalue weighted by atomic mass is 9.81. The molecule has 0 amide bonds. The fourth-order valence-corrected chi connectivity index (χ4v) is 7.32. The lowest BCUT2D eigenvalue weighted by Gasteiger charge is -2.22. The maximum absolute atomic E-state index is 5.10. The third-order valence-electron chi connectivity index (χ3n) is 9.94. The predicted molar refractivity (Wildman–Crippen MR) is 202 cm³/mol. The Hall–Kier alpha value is -6.19. The van der Waals surface area contributed by atoms with E-state index in [-0.39, 0.29) is 5.41 Å². The quantitative estimate of drug-likeness (QED) is 0.191. The summed E-state index contributed by atoms with van der Waals surface area (Å²) in [6.45, 7) is 4.67. The summed E-state index contributed by atoms with van der Waals surface area (Å²) in [7, 11) is 0. The maximum Gasteiger partial charge on any atom is 0.164 e. The normalized spacial score (nSPS) is 12.9. The highest BCUT2D eigenvalue weighted by Gasteiger charge is 2.35. The Kier molecular flexibility index (Phi) is 6.80. The number of hydrogen-bond donors (Lipinski definition) is 0. The van der Waals surface area contributed by atoms with E-state index in [0.717, 1.165) is 33.2 Å². The van der Waals surface area contributed by atoms with Crippen LogP contribution in [-0.2, 0) is 5.41 Å². The van der Waals surface area contributed by atoms with Crippen LogP contribution < -0.4 is 0 Å². The van der Waals surface area contributed by atoms with Crippen LogP contribution in [0.3, 0.4) is 0 Å². The molecule has 0 spiro atoms. The van der Waals surface area contributed by atoms with Crippen molar-refractivity contribution < 1.29 is 0 Å². The largest absolute Gasteiger partial charge is 0.208 e. The van der Waals surface area contributed by atoms with Crippen molar-refractivity contribution in [1.29, 1.82) is 0 Å². The average Bonchev–Trinajstić information content (AvgIpc) is 3.40. The molecule has 8 aromatic rings. The van der Waals surface area contributed by atoms with Crippen molar-refractivity contribution in [2.75, 3.05) is 0 Å². The molecule has 1 aliphatic rings. The van der Waals surface area contributed by atoms with Crippen LogP contribution in [0, 0.1) is 0 Å². The standard InChI is InChI=1S/C46H33N3/c1-46(2)41-20-12-11-19-37(41)38-26-25-36(29-42(38)46)30-21-23-31(24-22-30)39-27-34-17-9-10-18-35(34)28-40(39)45-48-43(32-13-5-3-6-14-32)47-44(49-45)33-15-7-4-8-16-33/h3-29H,1-2H3. The summed E-state index contributed by atoms with van der Waals surface area (Å²) in [6, 6.07) is 57.9. The molecule has 0 saturated carbocycles. The number of rotatable bonds is 5. The molecule has 3 heteroatoms. The summed E-state index contributed by atoms with van der Waals surface area (Å²) >= 11 is 0. The highest BCUT2D eigenvalue weighted by molar-refractivity contribution is 5.96. The molecule has 0 fully saturated rings. The summed E-state index contributed by atoms with van der Waals surface area (Å²) in [5.74, 6) is 1.96. The highest BCUT2D eigenvalue weighted by atomic mass is 15.0. The molecule has 1 heterocycles. The van der Waals surface area contributed by atoms with Gasteiger partial charge in [0.15, 0.2) is 17.5 Å². The summed E-state index contributed by atoms with van der Waals surface area (Å²) < 4.78 is 0. The zero-order valence-electron chi connectivity index (χ0n) is 27.4. The van der Waals surface area contributed by atoms with Crippen molar-refractivity contribution in [2.24, 2.45) is 0 Å². The van der Waals surface area contributed by atoms with Gasteiger partial charge in [0.05, 0.1) is 0 Å². The first kappa shape index (κ1) is 29.0. The molecule has 0 saturated heterocycles. The Morgan fingerprint density at radius 2 is 0.816 bits per heavy atom. The van der Waals surface area contributed by atoms with Crippen molar-refractivity contribution in [3.63, 3.8) is 0 Å². The van der Waals surface area contributed by atoms with Gasteiger partial charge < -0.3 is 0 Å². The first-order valence-corrected chi connectivity index (χ1v) is 16.8. The van der Waals surface area contributed by atoms with Crippen LogP contribution in [-0.4, -0.2) is 15.0 Å². The molecule has 0 bridgehead atoms. The van der Waals surface area contributed by atoms with E-state index < -0.39 is 0 Å². The van der Waals surface area contributed by atoms with E-state index in [0.29, 0.717) is 17.5 Å². The van der Waals surface area contributed by atoms with Gasteiger partial charge in [-0.2, -0.15) is 0 Å². The topological polar surface area (TPSA) is 38.7 Å². The minimum absolute atomic E-state index is 0.0381. The van der Waals surface area contributed by atoms with Gasteiger partial charge in [-0.1, -0.05) is 159 Å². The lowest BCUT2D eigenvalue weighted by molar-refractivity contribution is 0.660. The Labute approximate surface area is 286 Å². The van der Waals surface area contributed by atoms with Gasteiger partial charge in [-0.3, -0.25) is 0 Å². The van der Waals surface area contributed by atoms with E-state index in [9.17, 15) is 0 Å². The van der Waals surface area contributed by atoms with Crippen molar-refractivity contribution in [2.45, 2.75) is 19.3 Å². The minimum atomic E-state index is -0.0381. The molecule has 0 aliphatic heterocycles. The third-order valence-corrected chi connectivity index (χ3v) is 9.94. The maximum atomic E-state index is 5.10. The van der Waals surface area contributed by atoms with Gasteiger partial charge in [0.25, 0.3) is 0 Å². The molecule has 0 radical (unpaired) electrons. The number of aromatic nitrogens is 3. The van der Waals surface area contributed by atoms with E-state index in [2.05, 4.69) is 117 Å². The van der Waals surface area contributed by atoms with Crippen LogP contribution in [0.1, 0.15) is 25.0 Å². The number of fused-ring (bicyclic) bond motifs is 4. The summed E-state index contributed by atoms with van der Waals surface area (Å²) in [6.07, 6.45) is 0. The second-order valence-electron chi connectivity index (χ2n) is 13.3. The predicted octanol–water partition coefficient (Wildman–Crippen LogP) is 11.7. The van der Waals surface area contributed by atoms with E-state index in [1.54, 1.807) is 0 Å². The molecule has 1 aliphatic carbocycles. The van der Waals surface area contributed by atoms with Gasteiger partial charge in [0, 0.05) is 22.1 Å². The molecule has 49 heavy (non-hydrogen) atoms. The van der Waals surface area contributed by atoms with E-state index in [1.807, 2.05) is 60.7 Å². The van der Waals surface area contributed by atoms with E-state index in [4.69, 9.17) is 15.0 Å². The van der Waals surface area contributed by atoms with Crippen LogP contribution in [0.15, 0.2) is 164 Å². The molecule has 3 nitrogen and oxygen atoms in total. The van der Waals surface area contributed by atoms with Gasteiger partial charge in [-0.05, 0) is 73.5 Å². The molecular formula is C46H33N3. The van der Waals surface area contributed by atoms with E-state index >= 15 is 0 Å². The Balaban J connectivity index is 1.17. The zero-order chi connectivity index (χ0) is 33.0. The SMILES string of the molecule is CC1(C)c2ccccc2-c2ccc(-c3ccc(-c4cc5ccccc5cc4-c4nc(-c5ccccc5)nc(-c5ccccc5)n4)cc3)cc21. The van der Waals surface area contributed by atoms with Gasteiger partial charge >= 0.3 is 0 Å². The lowest BCUT2D eigenvalue weighted by Crippen LogP contribution is -2.14. The van der Waals surface area contributed by atoms with Crippen LogP contribution in [0.2, 0.25) is 0 Å². The number of hydrogen-bond acceptors (Lipinski definition) is 3. The third kappa shape index (κ3) is 5.03. The average molecular weight is 628 g/mol. The van der Waals surface area contributed by atoms with Gasteiger partial charge in [-0.15, -0.1) is 0 Å². The molecule has 9 rings (SSSR count). The summed E-state index contributed by atoms with van der Waals surface area (Å²) in [5, 5.41) is 2.31. The van der Waals surface area contributed by atoms with E-state index in [1.165, 1.54) is 38.8 Å². The molecule has 0 atom stereocenters. The van der Waals surface area contributed by atoms with Crippen LogP contribution in [0.25, 0.3) is 78.3 Å². The van der Waals surface area contributed by atoms with Crippen molar-refractivity contribution >= 4 is 10.8 Å². The molecule has 0 N–H and O–H groups in total. The first-order chi connectivity index (χ1) is 24.0. The van der Waals surface area contributed by atoms with Crippen molar-refractivity contribution in [1.82, 2.24) is 15.0 Å². The second-order valence-corrected chi connectivity index (χ2v) is 13.3. The monoisotopic (exact) mass is 627 g/mol. The van der Waals surface area contributed by atoms with Crippen LogP contribution >= 0.6 is 0 Å². The Morgan fingerprint density at radius 3 is 1.47 bits per heavy atom. The molecule has 7 aromatic carbocycles. The molecule has 1 aromatic heterocycles. The van der Waals surface area contributed by atoms with Gasteiger partial charge in [0.1, 0.15) is 0 Å². The van der Waals surface area contributed by atoms with Gasteiger partial charge in [-0.25, -0.2) is 15.0 Å². The van der Waals surface area contributed by atoms with Gasteiger partial charge in [0.2, 0.25) is 0 Å². The number of nitrogens with zero attached hydrogens (tertiary/aromatic N) is 3. The fourth-order valence-electron chi connectivity index (χ4n) is 7.32. The van der Waals surface area contributed by atoms with Crippen molar-refractivity contribution in [3.8, 4) is 67.5 Å². The molecular weight excluding hydrogens is 595 g/mol. The fraction of sp³-hybridized carbons (Fsp3) is 0.0652. The highest BCUT2D eigenvalue weighted by Crippen LogP contribution is 2.49. The second kappa shape index (κ2) is 11.5. The first-order valence-electron chi connectivity index (χ1n) is 16.8. The number of benzene rings is 7. The molecule has 232 valence electrons. The molecule has 0 unspecified atom stereocenters. The van der Waals surface area contributed by atoms with Crippen LogP contribution in [0.4, 0.5) is 0 Å². The smallest absolute Gasteiger partial charge is 0.164 e. The summed E-state index contributed by atoms with van der Waals surface area (Å²) in [5.41, 5.74) is 12.9. The Bertz CT molecular complexity index is 2440. The van der Waals surface area contributed by atoms with Crippen molar-refractivity contribution in [3.05, 3.63) is 175 Å². The Morgan fingerprint density at radius 1 is 0.327 bits per heavy atom. The minimum Gasteiger partial charge on any atom is -0.208 e. The van der Waals surface area contributed by atoms with Crippen LogP contribution in [0.5, 0.6) is 0 Å².